The zero-order chi connectivity index (χ0) is 13.7. The van der Waals surface area contributed by atoms with Gasteiger partial charge in [-0.15, -0.1) is 0 Å². The highest BCUT2D eigenvalue weighted by Crippen LogP contribution is 2.27. The van der Waals surface area contributed by atoms with E-state index in [1.807, 2.05) is 0 Å². The van der Waals surface area contributed by atoms with Crippen LogP contribution < -0.4 is 10.6 Å². The minimum absolute atomic E-state index is 0.0407. The van der Waals surface area contributed by atoms with E-state index in [0.29, 0.717) is 6.04 Å². The van der Waals surface area contributed by atoms with Crippen molar-refractivity contribution in [2.24, 2.45) is 10.9 Å². The van der Waals surface area contributed by atoms with Crippen LogP contribution in [0.1, 0.15) is 38.5 Å². The van der Waals surface area contributed by atoms with Gasteiger partial charge in [-0.2, -0.15) is 0 Å². The molecule has 5 heteroatoms. The van der Waals surface area contributed by atoms with E-state index >= 15 is 0 Å². The largest absolute Gasteiger partial charge is 0.356 e. The maximum Gasteiger partial charge on any atom is 0.243 e. The lowest BCUT2D eigenvalue weighted by molar-refractivity contribution is -0.127. The van der Waals surface area contributed by atoms with Gasteiger partial charge in [0.25, 0.3) is 0 Å². The third-order valence-corrected chi connectivity index (χ3v) is 3.82. The van der Waals surface area contributed by atoms with Gasteiger partial charge in [0.05, 0.1) is 0 Å². The van der Waals surface area contributed by atoms with Gasteiger partial charge in [-0.3, -0.25) is 4.79 Å². The molecule has 2 fully saturated rings. The van der Waals surface area contributed by atoms with Crippen LogP contribution in [0.2, 0.25) is 0 Å². The highest BCUT2D eigenvalue weighted by molar-refractivity contribution is 5.84. The molecule has 0 saturated heterocycles. The van der Waals surface area contributed by atoms with E-state index in [9.17, 15) is 4.79 Å². The van der Waals surface area contributed by atoms with Gasteiger partial charge < -0.3 is 15.5 Å². The molecular weight excluding hydrogens is 240 g/mol. The van der Waals surface area contributed by atoms with Crippen molar-refractivity contribution in [2.45, 2.75) is 44.6 Å². The summed E-state index contributed by atoms with van der Waals surface area (Å²) in [6.07, 6.45) is 7.66. The van der Waals surface area contributed by atoms with Crippen LogP contribution in [0, 0.1) is 5.92 Å². The average Bonchev–Trinajstić information content (AvgIpc) is 3.08. The molecule has 0 heterocycles. The Morgan fingerprint density at radius 3 is 2.47 bits per heavy atom. The molecule has 5 nitrogen and oxygen atoms in total. The lowest BCUT2D eigenvalue weighted by Crippen LogP contribution is -2.43. The molecule has 0 spiro atoms. The van der Waals surface area contributed by atoms with E-state index < -0.39 is 0 Å². The van der Waals surface area contributed by atoms with Crippen LogP contribution in [0.4, 0.5) is 0 Å². The SMILES string of the molecule is CN(C)C(=O)CN=C(NCC1CC1)NC1CCCC1. The van der Waals surface area contributed by atoms with Crippen LogP contribution in [0.25, 0.3) is 0 Å². The van der Waals surface area contributed by atoms with Gasteiger partial charge >= 0.3 is 0 Å². The molecule has 1 amide bonds. The summed E-state index contributed by atoms with van der Waals surface area (Å²) in [4.78, 5) is 17.6. The zero-order valence-corrected chi connectivity index (χ0v) is 12.1. The van der Waals surface area contributed by atoms with Gasteiger partial charge in [0.2, 0.25) is 5.91 Å². The normalized spacial score (nSPS) is 20.4. The van der Waals surface area contributed by atoms with Gasteiger partial charge in [0.15, 0.2) is 5.96 Å². The number of aliphatic imine (C=N–C) groups is 1. The molecule has 0 aromatic carbocycles. The number of likely N-dealkylation sites (N-methyl/N-ethyl adjacent to an activating group) is 1. The van der Waals surface area contributed by atoms with Crippen molar-refractivity contribution in [1.29, 1.82) is 0 Å². The number of nitrogens with one attached hydrogen (secondary N) is 2. The summed E-state index contributed by atoms with van der Waals surface area (Å²) >= 11 is 0. The number of carbonyl (C=O) groups excluding carboxylic acids is 1. The predicted octanol–water partition coefficient (Wildman–Crippen LogP) is 0.962. The summed E-state index contributed by atoms with van der Waals surface area (Å²) in [6.45, 7) is 1.20. The molecule has 2 saturated carbocycles. The highest BCUT2D eigenvalue weighted by Gasteiger charge is 2.22. The Morgan fingerprint density at radius 2 is 1.89 bits per heavy atom. The second-order valence-corrected chi connectivity index (χ2v) is 5.90. The molecule has 19 heavy (non-hydrogen) atoms. The summed E-state index contributed by atoms with van der Waals surface area (Å²) in [5.41, 5.74) is 0. The second kappa shape index (κ2) is 6.78. The summed E-state index contributed by atoms with van der Waals surface area (Å²) in [6, 6.07) is 0.528. The van der Waals surface area contributed by atoms with Crippen molar-refractivity contribution < 1.29 is 4.79 Å². The highest BCUT2D eigenvalue weighted by atomic mass is 16.2. The van der Waals surface area contributed by atoms with Crippen molar-refractivity contribution in [3.63, 3.8) is 0 Å². The number of hydrogen-bond acceptors (Lipinski definition) is 2. The molecule has 0 bridgehead atoms. The van der Waals surface area contributed by atoms with E-state index in [0.717, 1.165) is 18.4 Å². The second-order valence-electron chi connectivity index (χ2n) is 5.90. The number of nitrogens with zero attached hydrogens (tertiary/aromatic N) is 2. The lowest BCUT2D eigenvalue weighted by atomic mass is 10.2. The smallest absolute Gasteiger partial charge is 0.243 e. The Bertz CT molecular complexity index is 330. The third-order valence-electron chi connectivity index (χ3n) is 3.82. The van der Waals surface area contributed by atoms with Gasteiger partial charge in [0, 0.05) is 26.7 Å². The van der Waals surface area contributed by atoms with Crippen molar-refractivity contribution in [1.82, 2.24) is 15.5 Å². The minimum Gasteiger partial charge on any atom is -0.356 e. The minimum atomic E-state index is 0.0407. The first kappa shape index (κ1) is 14.2. The van der Waals surface area contributed by atoms with Crippen LogP contribution in [0.5, 0.6) is 0 Å². The average molecular weight is 266 g/mol. The molecule has 2 N–H and O–H groups in total. The standard InChI is InChI=1S/C14H26N4O/c1-18(2)13(19)10-16-14(15-9-11-7-8-11)17-12-5-3-4-6-12/h11-12H,3-10H2,1-2H3,(H2,15,16,17). The summed E-state index contributed by atoms with van der Waals surface area (Å²) in [5, 5.41) is 6.83. The number of amides is 1. The zero-order valence-electron chi connectivity index (χ0n) is 12.1. The van der Waals surface area contributed by atoms with E-state index in [2.05, 4.69) is 15.6 Å². The Balaban J connectivity index is 1.83. The first-order valence-corrected chi connectivity index (χ1v) is 7.40. The van der Waals surface area contributed by atoms with Crippen LogP contribution in [-0.4, -0.2) is 50.0 Å². The van der Waals surface area contributed by atoms with Gasteiger partial charge in [-0.1, -0.05) is 12.8 Å². The van der Waals surface area contributed by atoms with Gasteiger partial charge in [-0.25, -0.2) is 4.99 Å². The molecule has 0 aromatic rings. The summed E-state index contributed by atoms with van der Waals surface area (Å²) < 4.78 is 0. The molecule has 0 aromatic heterocycles. The lowest BCUT2D eigenvalue weighted by Gasteiger charge is -2.17. The molecule has 2 rings (SSSR count). The fraction of sp³-hybridized carbons (Fsp3) is 0.857. The maximum atomic E-state index is 11.6. The molecule has 2 aliphatic rings. The van der Waals surface area contributed by atoms with Crippen LogP contribution in [-0.2, 0) is 4.79 Å². The fourth-order valence-electron chi connectivity index (χ4n) is 2.27. The van der Waals surface area contributed by atoms with Crippen LogP contribution >= 0.6 is 0 Å². The summed E-state index contributed by atoms with van der Waals surface area (Å²) in [7, 11) is 3.53. The first-order chi connectivity index (χ1) is 9.15. The molecule has 2 aliphatic carbocycles. The Hall–Kier alpha value is -1.26. The molecule has 0 atom stereocenters. The van der Waals surface area contributed by atoms with Gasteiger partial charge in [0.1, 0.15) is 6.54 Å². The van der Waals surface area contributed by atoms with Crippen LogP contribution in [0.15, 0.2) is 4.99 Å². The van der Waals surface area contributed by atoms with E-state index in [4.69, 9.17) is 0 Å². The van der Waals surface area contributed by atoms with E-state index in [-0.39, 0.29) is 12.5 Å². The number of guanidine groups is 1. The fourth-order valence-corrected chi connectivity index (χ4v) is 2.27. The summed E-state index contributed by atoms with van der Waals surface area (Å²) in [5.74, 6) is 1.66. The molecule has 108 valence electrons. The van der Waals surface area contributed by atoms with Crippen molar-refractivity contribution in [2.75, 3.05) is 27.2 Å². The molecule has 0 radical (unpaired) electrons. The quantitative estimate of drug-likeness (QED) is 0.576. The number of rotatable bonds is 5. The van der Waals surface area contributed by atoms with Crippen LogP contribution in [0.3, 0.4) is 0 Å². The van der Waals surface area contributed by atoms with E-state index in [1.54, 1.807) is 19.0 Å². The maximum absolute atomic E-state index is 11.6. The molecular formula is C14H26N4O. The van der Waals surface area contributed by atoms with E-state index in [1.165, 1.54) is 38.5 Å². The Kier molecular flexibility index (Phi) is 5.05. The van der Waals surface area contributed by atoms with Crippen molar-refractivity contribution in [3.8, 4) is 0 Å². The predicted molar refractivity (Wildman–Crippen MR) is 77.1 cm³/mol. The third kappa shape index (κ3) is 5.09. The van der Waals surface area contributed by atoms with Crippen molar-refractivity contribution in [3.05, 3.63) is 0 Å². The monoisotopic (exact) mass is 266 g/mol. The first-order valence-electron chi connectivity index (χ1n) is 7.40. The molecule has 0 aliphatic heterocycles. The molecule has 0 unspecified atom stereocenters. The Morgan fingerprint density at radius 1 is 1.21 bits per heavy atom. The number of carbonyl (C=O) groups is 1. The van der Waals surface area contributed by atoms with Gasteiger partial charge in [-0.05, 0) is 31.6 Å². The topological polar surface area (TPSA) is 56.7 Å². The number of hydrogen-bond donors (Lipinski definition) is 2. The van der Waals surface area contributed by atoms with Crippen molar-refractivity contribution >= 4 is 11.9 Å². The Labute approximate surface area is 115 Å².